The predicted octanol–water partition coefficient (Wildman–Crippen LogP) is 4.88. The van der Waals surface area contributed by atoms with E-state index in [2.05, 4.69) is 20.9 Å². The van der Waals surface area contributed by atoms with E-state index in [0.717, 1.165) is 4.47 Å². The molecule has 0 bridgehead atoms. The number of aryl methyl sites for hydroxylation is 2. The lowest BCUT2D eigenvalue weighted by Gasteiger charge is -2.20. The van der Waals surface area contributed by atoms with Gasteiger partial charge in [-0.15, -0.1) is 0 Å². The van der Waals surface area contributed by atoms with Gasteiger partial charge in [-0.1, -0.05) is 15.9 Å². The van der Waals surface area contributed by atoms with Crippen LogP contribution >= 0.6 is 15.9 Å². The van der Waals surface area contributed by atoms with E-state index in [0.29, 0.717) is 34.9 Å². The highest BCUT2D eigenvalue weighted by Crippen LogP contribution is 2.39. The highest BCUT2D eigenvalue weighted by Gasteiger charge is 2.29. The molecule has 28 heavy (non-hydrogen) atoms. The normalized spacial score (nSPS) is 10.5. The Hall–Kier alpha value is -2.41. The van der Waals surface area contributed by atoms with Crippen LogP contribution in [0.25, 0.3) is 11.1 Å². The van der Waals surface area contributed by atoms with Crippen molar-refractivity contribution < 1.29 is 23.8 Å². The van der Waals surface area contributed by atoms with Gasteiger partial charge in [0.2, 0.25) is 0 Å². The van der Waals surface area contributed by atoms with Crippen LogP contribution in [0.2, 0.25) is 0 Å². The average molecular weight is 450 g/mol. The van der Waals surface area contributed by atoms with Crippen molar-refractivity contribution in [3.05, 3.63) is 45.2 Å². The number of rotatable bonds is 7. The van der Waals surface area contributed by atoms with Gasteiger partial charge in [0.25, 0.3) is 0 Å². The van der Waals surface area contributed by atoms with Crippen molar-refractivity contribution in [1.29, 1.82) is 0 Å². The molecule has 0 fully saturated rings. The minimum Gasteiger partial charge on any atom is -0.493 e. The zero-order valence-electron chi connectivity index (χ0n) is 16.7. The quantitative estimate of drug-likeness (QED) is 0.560. The number of hydrogen-bond donors (Lipinski definition) is 0. The first-order chi connectivity index (χ1) is 13.3. The largest absolute Gasteiger partial charge is 0.493 e. The van der Waals surface area contributed by atoms with Gasteiger partial charge in [0, 0.05) is 15.6 Å². The minimum absolute atomic E-state index is 0.205. The van der Waals surface area contributed by atoms with Crippen LogP contribution in [-0.2, 0) is 9.47 Å². The number of carbonyl (C=O) groups is 2. The Morgan fingerprint density at radius 3 is 1.93 bits per heavy atom. The summed E-state index contributed by atoms with van der Waals surface area (Å²) in [4.78, 5) is 30.0. The van der Waals surface area contributed by atoms with Gasteiger partial charge >= 0.3 is 11.9 Å². The van der Waals surface area contributed by atoms with E-state index >= 15 is 0 Å². The Bertz CT molecular complexity index is 853. The highest BCUT2D eigenvalue weighted by molar-refractivity contribution is 9.10. The summed E-state index contributed by atoms with van der Waals surface area (Å²) in [6.07, 6.45) is 0. The Morgan fingerprint density at radius 1 is 0.929 bits per heavy atom. The Morgan fingerprint density at radius 2 is 1.46 bits per heavy atom. The summed E-state index contributed by atoms with van der Waals surface area (Å²) in [7, 11) is 0. The van der Waals surface area contributed by atoms with E-state index in [4.69, 9.17) is 14.2 Å². The summed E-state index contributed by atoms with van der Waals surface area (Å²) >= 11 is 3.46. The second kappa shape index (κ2) is 9.68. The van der Waals surface area contributed by atoms with Crippen LogP contribution in [0.5, 0.6) is 5.75 Å². The van der Waals surface area contributed by atoms with Crippen LogP contribution in [-0.4, -0.2) is 36.7 Å². The van der Waals surface area contributed by atoms with Crippen molar-refractivity contribution in [2.45, 2.75) is 34.6 Å². The number of benzene rings is 1. The SMILES string of the molecule is CCOC(=O)c1c(C)nc(C)c(C(=O)OCC)c1-c1cc(Br)ccc1OCC. The van der Waals surface area contributed by atoms with E-state index in [9.17, 15) is 9.59 Å². The Balaban J connectivity index is 2.95. The summed E-state index contributed by atoms with van der Waals surface area (Å²) in [5, 5.41) is 0. The third-order valence-corrected chi connectivity index (χ3v) is 4.52. The molecule has 6 nitrogen and oxygen atoms in total. The van der Waals surface area contributed by atoms with Crippen molar-refractivity contribution in [2.75, 3.05) is 19.8 Å². The number of hydrogen-bond acceptors (Lipinski definition) is 6. The maximum atomic E-state index is 12.8. The molecule has 0 atom stereocenters. The molecule has 0 aliphatic rings. The fourth-order valence-electron chi connectivity index (χ4n) is 3.00. The van der Waals surface area contributed by atoms with E-state index in [-0.39, 0.29) is 24.3 Å². The fraction of sp³-hybridized carbons (Fsp3) is 0.381. The lowest BCUT2D eigenvalue weighted by molar-refractivity contribution is 0.0525. The van der Waals surface area contributed by atoms with Crippen molar-refractivity contribution >= 4 is 27.9 Å². The third-order valence-electron chi connectivity index (χ3n) is 4.03. The molecule has 1 heterocycles. The fourth-order valence-corrected chi connectivity index (χ4v) is 3.37. The summed E-state index contributed by atoms with van der Waals surface area (Å²) in [5.74, 6) is -0.544. The van der Waals surface area contributed by atoms with E-state index in [1.807, 2.05) is 19.1 Å². The monoisotopic (exact) mass is 449 g/mol. The molecule has 0 aliphatic heterocycles. The number of halogens is 1. The molecule has 0 amide bonds. The van der Waals surface area contributed by atoms with E-state index < -0.39 is 11.9 Å². The summed E-state index contributed by atoms with van der Waals surface area (Å²) in [6, 6.07) is 5.44. The molecule has 0 radical (unpaired) electrons. The minimum atomic E-state index is -0.546. The number of nitrogens with zero attached hydrogens (tertiary/aromatic N) is 1. The number of ether oxygens (including phenoxy) is 3. The first kappa shape index (κ1) is 21.9. The number of pyridine rings is 1. The second-order valence-corrected chi connectivity index (χ2v) is 6.84. The molecule has 0 spiro atoms. The molecule has 7 heteroatoms. The molecular weight excluding hydrogens is 426 g/mol. The van der Waals surface area contributed by atoms with Gasteiger partial charge in [-0.25, -0.2) is 9.59 Å². The molecule has 2 aromatic rings. The van der Waals surface area contributed by atoms with Gasteiger partial charge in [0.1, 0.15) is 5.75 Å². The summed E-state index contributed by atoms with van der Waals surface area (Å²) in [6.45, 7) is 9.60. The maximum Gasteiger partial charge on any atom is 0.340 e. The van der Waals surface area contributed by atoms with Gasteiger partial charge in [-0.05, 0) is 52.8 Å². The molecule has 0 aliphatic carbocycles. The van der Waals surface area contributed by atoms with Gasteiger partial charge < -0.3 is 14.2 Å². The Labute approximate surface area is 173 Å². The standard InChI is InChI=1S/C21H24BrNO5/c1-6-26-16-10-9-14(22)11-15(16)19-17(20(24)27-7-2)12(4)23-13(5)18(19)21(25)28-8-3/h9-11H,6-8H2,1-5H3. The molecule has 0 unspecified atom stereocenters. The molecule has 0 N–H and O–H groups in total. The van der Waals surface area contributed by atoms with Crippen molar-refractivity contribution in [3.63, 3.8) is 0 Å². The number of aromatic nitrogens is 1. The van der Waals surface area contributed by atoms with Gasteiger partial charge in [0.05, 0.1) is 42.3 Å². The van der Waals surface area contributed by atoms with Crippen molar-refractivity contribution in [3.8, 4) is 16.9 Å². The molecule has 0 saturated heterocycles. The molecule has 2 rings (SSSR count). The molecule has 1 aromatic carbocycles. The molecule has 0 saturated carbocycles. The van der Waals surface area contributed by atoms with E-state index in [1.54, 1.807) is 33.8 Å². The molecule has 1 aromatic heterocycles. The van der Waals surface area contributed by atoms with Gasteiger partial charge in [-0.3, -0.25) is 4.98 Å². The van der Waals surface area contributed by atoms with Crippen LogP contribution in [0.1, 0.15) is 52.9 Å². The summed E-state index contributed by atoms with van der Waals surface area (Å²) in [5.41, 5.74) is 2.41. The zero-order valence-corrected chi connectivity index (χ0v) is 18.3. The average Bonchev–Trinajstić information content (AvgIpc) is 2.63. The first-order valence-electron chi connectivity index (χ1n) is 9.13. The second-order valence-electron chi connectivity index (χ2n) is 5.92. The van der Waals surface area contributed by atoms with Crippen LogP contribution < -0.4 is 4.74 Å². The van der Waals surface area contributed by atoms with Crippen LogP contribution in [0.15, 0.2) is 22.7 Å². The predicted molar refractivity (Wildman–Crippen MR) is 110 cm³/mol. The first-order valence-corrected chi connectivity index (χ1v) is 9.93. The van der Waals surface area contributed by atoms with Crippen LogP contribution in [0.3, 0.4) is 0 Å². The highest BCUT2D eigenvalue weighted by atomic mass is 79.9. The summed E-state index contributed by atoms with van der Waals surface area (Å²) < 4.78 is 17.1. The maximum absolute atomic E-state index is 12.8. The van der Waals surface area contributed by atoms with Crippen molar-refractivity contribution in [1.82, 2.24) is 4.98 Å². The van der Waals surface area contributed by atoms with E-state index in [1.165, 1.54) is 0 Å². The smallest absolute Gasteiger partial charge is 0.340 e. The van der Waals surface area contributed by atoms with Crippen LogP contribution in [0.4, 0.5) is 0 Å². The number of carbonyl (C=O) groups excluding carboxylic acids is 2. The lowest BCUT2D eigenvalue weighted by atomic mass is 9.92. The lowest BCUT2D eigenvalue weighted by Crippen LogP contribution is -2.17. The van der Waals surface area contributed by atoms with Crippen LogP contribution in [0, 0.1) is 13.8 Å². The topological polar surface area (TPSA) is 74.7 Å². The third kappa shape index (κ3) is 4.52. The molecule has 150 valence electrons. The number of esters is 2. The molecular formula is C21H24BrNO5. The zero-order chi connectivity index (χ0) is 20.8. The Kier molecular flexibility index (Phi) is 7.57. The van der Waals surface area contributed by atoms with Gasteiger partial charge in [-0.2, -0.15) is 0 Å². The van der Waals surface area contributed by atoms with Gasteiger partial charge in [0.15, 0.2) is 0 Å². The van der Waals surface area contributed by atoms with Crippen molar-refractivity contribution in [2.24, 2.45) is 0 Å².